The minimum atomic E-state index is -3.94. The summed E-state index contributed by atoms with van der Waals surface area (Å²) in [7, 11) is -3.94. The molecule has 2 saturated heterocycles. The lowest BCUT2D eigenvalue weighted by Crippen LogP contribution is -2.26. The topological polar surface area (TPSA) is 85.2 Å². The molecule has 0 aromatic heterocycles. The lowest BCUT2D eigenvalue weighted by atomic mass is 10.2. The molecule has 2 aliphatic heterocycles. The van der Waals surface area contributed by atoms with Crippen molar-refractivity contribution in [2.45, 2.75) is 18.5 Å². The van der Waals surface area contributed by atoms with Gasteiger partial charge in [0.05, 0.1) is 6.61 Å². The van der Waals surface area contributed by atoms with Gasteiger partial charge in [0, 0.05) is 0 Å². The average molecular weight is 182 g/mol. The zero-order valence-corrected chi connectivity index (χ0v) is 6.31. The zero-order valence-electron chi connectivity index (χ0n) is 5.41. The Labute approximate surface area is 62.3 Å². The molecule has 4 atom stereocenters. The Bertz CT molecular complexity index is 217. The maximum absolute atomic E-state index is 10.7. The van der Waals surface area contributed by atoms with Gasteiger partial charge in [-0.3, -0.25) is 9.05 Å². The molecule has 2 aliphatic rings. The summed E-state index contributed by atoms with van der Waals surface area (Å²) in [6, 6.07) is 0. The third-order valence-corrected chi connectivity index (χ3v) is 2.55. The van der Waals surface area contributed by atoms with Crippen LogP contribution in [0, 0.1) is 0 Å². The van der Waals surface area contributed by atoms with Gasteiger partial charge in [-0.2, -0.15) is 0 Å². The van der Waals surface area contributed by atoms with Crippen LogP contribution in [0.25, 0.3) is 0 Å². The first kappa shape index (κ1) is 7.67. The molecule has 7 heteroatoms. The Morgan fingerprint density at radius 2 is 2.18 bits per heavy atom. The monoisotopic (exact) mass is 182 g/mol. The lowest BCUT2D eigenvalue weighted by molar-refractivity contribution is -0.0419. The van der Waals surface area contributed by atoms with Crippen molar-refractivity contribution in [1.82, 2.24) is 0 Å². The van der Waals surface area contributed by atoms with Gasteiger partial charge in [0.2, 0.25) is 0 Å². The van der Waals surface area contributed by atoms with E-state index in [4.69, 9.17) is 14.7 Å². The summed E-state index contributed by atoms with van der Waals surface area (Å²) in [6.07, 6.45) is -2.57. The fourth-order valence-corrected chi connectivity index (χ4v) is 2.13. The largest absolute Gasteiger partial charge is 0.475 e. The SMILES string of the molecule is O=P1(O)O[C@H]2OC[C@H](O)[C@H]2O1. The van der Waals surface area contributed by atoms with Crippen LogP contribution in [-0.2, 0) is 18.3 Å². The highest BCUT2D eigenvalue weighted by molar-refractivity contribution is 7.47. The number of rotatable bonds is 0. The van der Waals surface area contributed by atoms with Gasteiger partial charge >= 0.3 is 7.82 Å². The zero-order chi connectivity index (χ0) is 8.06. The van der Waals surface area contributed by atoms with E-state index in [0.29, 0.717) is 0 Å². The van der Waals surface area contributed by atoms with Crippen LogP contribution in [0.3, 0.4) is 0 Å². The van der Waals surface area contributed by atoms with E-state index in [-0.39, 0.29) is 6.61 Å². The van der Waals surface area contributed by atoms with Crippen molar-refractivity contribution in [3.05, 3.63) is 0 Å². The van der Waals surface area contributed by atoms with E-state index in [1.165, 1.54) is 0 Å². The van der Waals surface area contributed by atoms with Crippen molar-refractivity contribution < 1.29 is 28.3 Å². The van der Waals surface area contributed by atoms with Gasteiger partial charge in [0.15, 0.2) is 6.29 Å². The van der Waals surface area contributed by atoms with Gasteiger partial charge in [0.25, 0.3) is 0 Å². The van der Waals surface area contributed by atoms with Crippen LogP contribution < -0.4 is 0 Å². The Morgan fingerprint density at radius 3 is 2.82 bits per heavy atom. The standard InChI is InChI=1S/C4H7O6P/c5-2-1-8-4-3(2)9-11(6,7)10-4/h2-5H,1H2,(H,6,7)/t2-,3+,4+/m0/s1. The minimum absolute atomic E-state index is 0.0787. The first-order valence-corrected chi connectivity index (χ1v) is 4.57. The van der Waals surface area contributed by atoms with Crippen molar-refractivity contribution in [1.29, 1.82) is 0 Å². The molecule has 2 heterocycles. The van der Waals surface area contributed by atoms with E-state index in [2.05, 4.69) is 9.05 Å². The molecule has 0 aromatic carbocycles. The predicted molar refractivity (Wildman–Crippen MR) is 31.5 cm³/mol. The Balaban J connectivity index is 2.16. The van der Waals surface area contributed by atoms with Gasteiger partial charge in [-0.25, -0.2) is 4.57 Å². The highest BCUT2D eigenvalue weighted by Gasteiger charge is 2.52. The van der Waals surface area contributed by atoms with Gasteiger partial charge in [-0.05, 0) is 0 Å². The van der Waals surface area contributed by atoms with E-state index in [0.717, 1.165) is 0 Å². The van der Waals surface area contributed by atoms with Crippen molar-refractivity contribution in [3.63, 3.8) is 0 Å². The summed E-state index contributed by atoms with van der Waals surface area (Å²) >= 11 is 0. The van der Waals surface area contributed by atoms with Crippen LogP contribution in [0.15, 0.2) is 0 Å². The summed E-state index contributed by atoms with van der Waals surface area (Å²) in [5, 5.41) is 9.07. The fourth-order valence-electron chi connectivity index (χ4n) is 1.08. The molecule has 2 N–H and O–H groups in total. The van der Waals surface area contributed by atoms with Gasteiger partial charge in [-0.1, -0.05) is 0 Å². The smallest absolute Gasteiger partial charge is 0.388 e. The molecule has 2 rings (SSSR count). The Kier molecular flexibility index (Phi) is 1.57. The lowest BCUT2D eigenvalue weighted by Gasteiger charge is -2.06. The van der Waals surface area contributed by atoms with Crippen molar-refractivity contribution in [2.75, 3.05) is 6.61 Å². The van der Waals surface area contributed by atoms with E-state index in [9.17, 15) is 4.57 Å². The van der Waals surface area contributed by atoms with Crippen molar-refractivity contribution in [2.24, 2.45) is 0 Å². The third-order valence-electron chi connectivity index (χ3n) is 1.57. The van der Waals surface area contributed by atoms with E-state index in [1.54, 1.807) is 0 Å². The number of phosphoric acid groups is 1. The molecule has 0 radical (unpaired) electrons. The number of aliphatic hydroxyl groups excluding tert-OH is 1. The molecule has 0 saturated carbocycles. The first-order chi connectivity index (χ1) is 5.08. The van der Waals surface area contributed by atoms with E-state index >= 15 is 0 Å². The average Bonchev–Trinajstić information content (AvgIpc) is 2.31. The van der Waals surface area contributed by atoms with Crippen LogP contribution in [0.1, 0.15) is 0 Å². The molecule has 11 heavy (non-hydrogen) atoms. The summed E-state index contributed by atoms with van der Waals surface area (Å²) in [4.78, 5) is 8.74. The number of hydrogen-bond donors (Lipinski definition) is 2. The van der Waals surface area contributed by atoms with Crippen LogP contribution in [-0.4, -0.2) is 35.1 Å². The number of ether oxygens (including phenoxy) is 1. The third kappa shape index (κ3) is 1.22. The molecule has 6 nitrogen and oxygen atoms in total. The predicted octanol–water partition coefficient (Wildman–Crippen LogP) is -0.781. The fraction of sp³-hybridized carbons (Fsp3) is 1.00. The molecule has 0 aliphatic carbocycles. The summed E-state index contributed by atoms with van der Waals surface area (Å²) in [5.41, 5.74) is 0. The molecule has 0 amide bonds. The molecule has 2 fully saturated rings. The summed E-state index contributed by atoms with van der Waals surface area (Å²) in [5.74, 6) is 0. The normalized spacial score (nSPS) is 56.4. The number of fused-ring (bicyclic) bond motifs is 1. The summed E-state index contributed by atoms with van der Waals surface area (Å²) in [6.45, 7) is 0.0787. The molecule has 1 unspecified atom stereocenters. The molecule has 0 spiro atoms. The van der Waals surface area contributed by atoms with E-state index in [1.807, 2.05) is 0 Å². The van der Waals surface area contributed by atoms with Crippen LogP contribution in [0.4, 0.5) is 0 Å². The molecule has 64 valence electrons. The highest BCUT2D eigenvalue weighted by Crippen LogP contribution is 2.54. The molecular weight excluding hydrogens is 175 g/mol. The molecule has 0 aromatic rings. The Hall–Kier alpha value is 0.0300. The first-order valence-electron chi connectivity index (χ1n) is 3.08. The second kappa shape index (κ2) is 2.26. The maximum atomic E-state index is 10.7. The van der Waals surface area contributed by atoms with Crippen LogP contribution in [0.5, 0.6) is 0 Å². The molecular formula is C4H7O6P. The quantitative estimate of drug-likeness (QED) is 0.478. The van der Waals surface area contributed by atoms with Gasteiger partial charge in [0.1, 0.15) is 12.2 Å². The van der Waals surface area contributed by atoms with Gasteiger partial charge in [-0.15, -0.1) is 0 Å². The minimum Gasteiger partial charge on any atom is -0.388 e. The Morgan fingerprint density at radius 1 is 1.45 bits per heavy atom. The van der Waals surface area contributed by atoms with Crippen molar-refractivity contribution in [3.8, 4) is 0 Å². The van der Waals surface area contributed by atoms with Crippen LogP contribution in [0.2, 0.25) is 0 Å². The summed E-state index contributed by atoms with van der Waals surface area (Å²) < 4.78 is 24.4. The van der Waals surface area contributed by atoms with Crippen molar-refractivity contribution >= 4 is 7.82 Å². The maximum Gasteiger partial charge on any atom is 0.475 e. The van der Waals surface area contributed by atoms with Gasteiger partial charge < -0.3 is 14.7 Å². The highest BCUT2D eigenvalue weighted by atomic mass is 31.2. The second-order valence-corrected chi connectivity index (χ2v) is 3.77. The number of phosphoric ester groups is 1. The van der Waals surface area contributed by atoms with E-state index < -0.39 is 26.3 Å². The molecule has 0 bridgehead atoms. The van der Waals surface area contributed by atoms with Crippen LogP contribution >= 0.6 is 7.82 Å². The number of hydrogen-bond acceptors (Lipinski definition) is 5. The number of aliphatic hydroxyl groups is 1. The second-order valence-electron chi connectivity index (χ2n) is 2.41.